The largest absolute Gasteiger partial charge is 0.337 e. The van der Waals surface area contributed by atoms with Crippen molar-refractivity contribution in [1.82, 2.24) is 4.57 Å². The normalized spacial score (nSPS) is 11.2. The summed E-state index contributed by atoms with van der Waals surface area (Å²) in [4.78, 5) is 2.44. The van der Waals surface area contributed by atoms with Crippen LogP contribution in [0.3, 0.4) is 0 Å². The Balaban J connectivity index is 1.15. The molecule has 0 saturated carbocycles. The minimum Gasteiger partial charge on any atom is -0.337 e. The van der Waals surface area contributed by atoms with Crippen molar-refractivity contribution in [3.05, 3.63) is 212 Å². The summed E-state index contributed by atoms with van der Waals surface area (Å²) in [7, 11) is 0. The van der Waals surface area contributed by atoms with E-state index in [1.807, 2.05) is 0 Å². The van der Waals surface area contributed by atoms with E-state index in [9.17, 15) is 0 Å². The molecule has 1 aromatic heterocycles. The predicted octanol–water partition coefficient (Wildman–Crippen LogP) is 13.1. The number of aromatic nitrogens is 1. The summed E-state index contributed by atoms with van der Waals surface area (Å²) in [6.45, 7) is 0.739. The molecule has 0 saturated heterocycles. The average Bonchev–Trinajstić information content (AvgIpc) is 3.55. The van der Waals surface area contributed by atoms with Crippen molar-refractivity contribution in [2.24, 2.45) is 0 Å². The molecular weight excluding hydrogens is 617 g/mol. The third kappa shape index (κ3) is 5.98. The number of nitrogens with zero attached hydrogens (tertiary/aromatic N) is 2. The third-order valence-electron chi connectivity index (χ3n) is 9.87. The Morgan fingerprint density at radius 2 is 0.824 bits per heavy atom. The lowest BCUT2D eigenvalue weighted by molar-refractivity contribution is 0.977. The Bertz CT molecular complexity index is 2570. The molecule has 0 radical (unpaired) electrons. The van der Waals surface area contributed by atoms with E-state index in [1.54, 1.807) is 0 Å². The van der Waals surface area contributed by atoms with Gasteiger partial charge in [-0.15, -0.1) is 0 Å². The SMILES string of the molecule is c1ccc(-c2ccc(CN(c3ccc(-c4ccccc4)cc3)c3ccc4c(c3)c3ccccc3n4-c3cccc(-c4ccccc4)c3)cc2)cc1. The highest BCUT2D eigenvalue weighted by molar-refractivity contribution is 6.10. The molecular formula is C49H36N2. The second-order valence-corrected chi connectivity index (χ2v) is 13.0. The van der Waals surface area contributed by atoms with Crippen LogP contribution in [0.2, 0.25) is 0 Å². The summed E-state index contributed by atoms with van der Waals surface area (Å²) in [6, 6.07) is 74.4. The molecule has 0 amide bonds. The van der Waals surface area contributed by atoms with Crippen LogP contribution in [0.15, 0.2) is 206 Å². The van der Waals surface area contributed by atoms with Crippen molar-refractivity contribution < 1.29 is 0 Å². The number of hydrogen-bond donors (Lipinski definition) is 0. The molecule has 0 fully saturated rings. The fraction of sp³-hybridized carbons (Fsp3) is 0.0204. The van der Waals surface area contributed by atoms with Crippen LogP contribution in [0, 0.1) is 0 Å². The molecule has 9 rings (SSSR count). The minimum absolute atomic E-state index is 0.739. The lowest BCUT2D eigenvalue weighted by atomic mass is 10.0. The van der Waals surface area contributed by atoms with Crippen LogP contribution >= 0.6 is 0 Å². The zero-order valence-electron chi connectivity index (χ0n) is 28.2. The highest BCUT2D eigenvalue weighted by Crippen LogP contribution is 2.38. The molecule has 0 atom stereocenters. The van der Waals surface area contributed by atoms with Crippen LogP contribution in [-0.2, 0) is 6.54 Å². The van der Waals surface area contributed by atoms with Gasteiger partial charge in [-0.25, -0.2) is 0 Å². The highest BCUT2D eigenvalue weighted by atomic mass is 15.1. The quantitative estimate of drug-likeness (QED) is 0.159. The van der Waals surface area contributed by atoms with Crippen molar-refractivity contribution in [2.45, 2.75) is 6.54 Å². The van der Waals surface area contributed by atoms with Gasteiger partial charge in [0.2, 0.25) is 0 Å². The number of fused-ring (bicyclic) bond motifs is 3. The topological polar surface area (TPSA) is 8.17 Å². The fourth-order valence-corrected chi connectivity index (χ4v) is 7.27. The Hall–Kier alpha value is -6.64. The third-order valence-corrected chi connectivity index (χ3v) is 9.87. The summed E-state index contributed by atoms with van der Waals surface area (Å²) in [5, 5.41) is 2.48. The van der Waals surface area contributed by atoms with E-state index in [4.69, 9.17) is 0 Å². The first-order chi connectivity index (χ1) is 25.3. The van der Waals surface area contributed by atoms with Crippen LogP contribution < -0.4 is 4.90 Å². The first kappa shape index (κ1) is 30.4. The summed E-state index contributed by atoms with van der Waals surface area (Å²) >= 11 is 0. The number of para-hydroxylation sites is 1. The van der Waals surface area contributed by atoms with Crippen LogP contribution in [0.5, 0.6) is 0 Å². The Labute approximate surface area is 299 Å². The zero-order chi connectivity index (χ0) is 34.0. The van der Waals surface area contributed by atoms with Gasteiger partial charge in [0.15, 0.2) is 0 Å². The summed E-state index contributed by atoms with van der Waals surface area (Å²) in [5.74, 6) is 0. The van der Waals surface area contributed by atoms with Crippen LogP contribution in [0.1, 0.15) is 5.56 Å². The molecule has 0 unspecified atom stereocenters. The van der Waals surface area contributed by atoms with Gasteiger partial charge in [-0.3, -0.25) is 0 Å². The first-order valence-electron chi connectivity index (χ1n) is 17.5. The van der Waals surface area contributed by atoms with Crippen molar-refractivity contribution in [1.29, 1.82) is 0 Å². The second-order valence-electron chi connectivity index (χ2n) is 13.0. The van der Waals surface area contributed by atoms with Crippen LogP contribution in [0.25, 0.3) is 60.9 Å². The van der Waals surface area contributed by atoms with Gasteiger partial charge in [0.25, 0.3) is 0 Å². The van der Waals surface area contributed by atoms with E-state index in [0.29, 0.717) is 0 Å². The van der Waals surface area contributed by atoms with E-state index in [1.165, 1.54) is 60.8 Å². The fourth-order valence-electron chi connectivity index (χ4n) is 7.27. The van der Waals surface area contributed by atoms with Gasteiger partial charge in [-0.1, -0.05) is 158 Å². The molecule has 2 nitrogen and oxygen atoms in total. The second kappa shape index (κ2) is 13.3. The summed E-state index contributed by atoms with van der Waals surface area (Å²) in [5.41, 5.74) is 14.4. The summed E-state index contributed by atoms with van der Waals surface area (Å²) in [6.07, 6.45) is 0. The van der Waals surface area contributed by atoms with Gasteiger partial charge >= 0.3 is 0 Å². The lowest BCUT2D eigenvalue weighted by Gasteiger charge is -2.26. The molecule has 0 spiro atoms. The van der Waals surface area contributed by atoms with Gasteiger partial charge < -0.3 is 9.47 Å². The Kier molecular flexibility index (Phi) is 7.96. The molecule has 9 aromatic rings. The maximum atomic E-state index is 2.44. The van der Waals surface area contributed by atoms with Crippen molar-refractivity contribution in [2.75, 3.05) is 4.90 Å². The molecule has 0 aliphatic carbocycles. The van der Waals surface area contributed by atoms with E-state index in [2.05, 4.69) is 216 Å². The van der Waals surface area contributed by atoms with E-state index < -0.39 is 0 Å². The van der Waals surface area contributed by atoms with Gasteiger partial charge in [0.1, 0.15) is 0 Å². The van der Waals surface area contributed by atoms with Crippen molar-refractivity contribution in [3.8, 4) is 39.1 Å². The Morgan fingerprint density at radius 1 is 0.333 bits per heavy atom. The molecule has 0 bridgehead atoms. The van der Waals surface area contributed by atoms with Gasteiger partial charge in [-0.2, -0.15) is 0 Å². The molecule has 242 valence electrons. The van der Waals surface area contributed by atoms with Crippen molar-refractivity contribution in [3.63, 3.8) is 0 Å². The molecule has 0 aliphatic rings. The first-order valence-corrected chi connectivity index (χ1v) is 17.5. The minimum atomic E-state index is 0.739. The molecule has 8 aromatic carbocycles. The monoisotopic (exact) mass is 652 g/mol. The van der Waals surface area contributed by atoms with E-state index in [0.717, 1.165) is 23.6 Å². The number of anilines is 2. The molecule has 0 aliphatic heterocycles. The van der Waals surface area contributed by atoms with E-state index in [-0.39, 0.29) is 0 Å². The standard InChI is InChI=1S/C49H36N2/c1-4-13-37(14-5-1)40-25-23-36(24-26-40)35-50(43-29-27-41(28-30-43)38-15-6-2-7-16-38)44-31-32-49-47(34-44)46-21-10-11-22-48(46)51(49)45-20-12-19-42(33-45)39-17-8-3-9-18-39/h1-34H,35H2. The maximum Gasteiger partial charge on any atom is 0.0542 e. The number of rotatable bonds is 8. The summed E-state index contributed by atoms with van der Waals surface area (Å²) < 4.78 is 2.40. The number of hydrogen-bond acceptors (Lipinski definition) is 1. The molecule has 2 heteroatoms. The lowest BCUT2D eigenvalue weighted by Crippen LogP contribution is -2.16. The molecule has 1 heterocycles. The van der Waals surface area contributed by atoms with Gasteiger partial charge in [0.05, 0.1) is 11.0 Å². The van der Waals surface area contributed by atoms with E-state index >= 15 is 0 Å². The number of benzene rings is 8. The average molecular weight is 653 g/mol. The van der Waals surface area contributed by atoms with Gasteiger partial charge in [-0.05, 0) is 87.5 Å². The van der Waals surface area contributed by atoms with Gasteiger partial charge in [0, 0.05) is 34.4 Å². The molecule has 51 heavy (non-hydrogen) atoms. The van der Waals surface area contributed by atoms with Crippen molar-refractivity contribution >= 4 is 33.2 Å². The zero-order valence-corrected chi connectivity index (χ0v) is 28.2. The smallest absolute Gasteiger partial charge is 0.0542 e. The van der Waals surface area contributed by atoms with Crippen LogP contribution in [-0.4, -0.2) is 4.57 Å². The maximum absolute atomic E-state index is 2.44. The van der Waals surface area contributed by atoms with Crippen LogP contribution in [0.4, 0.5) is 11.4 Å². The molecule has 0 N–H and O–H groups in total. The predicted molar refractivity (Wildman–Crippen MR) is 216 cm³/mol. The highest BCUT2D eigenvalue weighted by Gasteiger charge is 2.17. The Morgan fingerprint density at radius 3 is 1.47 bits per heavy atom.